The van der Waals surface area contributed by atoms with Crippen LogP contribution in [-0.4, -0.2) is 68.1 Å². The highest BCUT2D eigenvalue weighted by molar-refractivity contribution is 5.95. The minimum Gasteiger partial charge on any atom is -0.497 e. The first-order chi connectivity index (χ1) is 11.4. The Bertz CT molecular complexity index is 573. The van der Waals surface area contributed by atoms with Crippen molar-refractivity contribution in [1.29, 1.82) is 0 Å². The molecule has 1 aliphatic heterocycles. The summed E-state index contributed by atoms with van der Waals surface area (Å²) in [5.74, 6) is 1.10. The average Bonchev–Trinajstić information content (AvgIpc) is 2.60. The SMILES string of the molecule is COc1cc(OC)cc(C(=O)N2CCN(C(=O)CC(C)N)CC2)c1. The standard InChI is InChI=1S/C17H25N3O4/c1-12(18)8-16(21)19-4-6-20(7-5-19)17(22)13-9-14(23-2)11-15(10-13)24-3/h9-12H,4-8,18H2,1-3H3. The maximum atomic E-state index is 12.7. The second-order valence-corrected chi connectivity index (χ2v) is 5.96. The molecule has 1 aromatic rings. The molecule has 7 nitrogen and oxygen atoms in total. The lowest BCUT2D eigenvalue weighted by atomic mass is 10.1. The second-order valence-electron chi connectivity index (χ2n) is 5.96. The van der Waals surface area contributed by atoms with Gasteiger partial charge in [0.15, 0.2) is 0 Å². The van der Waals surface area contributed by atoms with E-state index in [4.69, 9.17) is 15.2 Å². The normalized spacial score (nSPS) is 15.8. The molecule has 132 valence electrons. The number of hydrogen-bond donors (Lipinski definition) is 1. The van der Waals surface area contributed by atoms with E-state index >= 15 is 0 Å². The minimum atomic E-state index is -0.151. The van der Waals surface area contributed by atoms with Crippen molar-refractivity contribution in [2.75, 3.05) is 40.4 Å². The molecule has 1 heterocycles. The molecule has 0 aliphatic carbocycles. The van der Waals surface area contributed by atoms with Gasteiger partial charge in [0.2, 0.25) is 5.91 Å². The van der Waals surface area contributed by atoms with Crippen molar-refractivity contribution in [3.05, 3.63) is 23.8 Å². The molecule has 2 rings (SSSR count). The third kappa shape index (κ3) is 4.38. The molecule has 2 amide bonds. The fourth-order valence-electron chi connectivity index (χ4n) is 2.68. The summed E-state index contributed by atoms with van der Waals surface area (Å²) < 4.78 is 10.4. The Hall–Kier alpha value is -2.28. The summed E-state index contributed by atoms with van der Waals surface area (Å²) in [6, 6.07) is 4.96. The van der Waals surface area contributed by atoms with E-state index in [-0.39, 0.29) is 17.9 Å². The zero-order valence-corrected chi connectivity index (χ0v) is 14.4. The van der Waals surface area contributed by atoms with Crippen LogP contribution in [0.2, 0.25) is 0 Å². The van der Waals surface area contributed by atoms with Gasteiger partial charge in [0.1, 0.15) is 11.5 Å². The van der Waals surface area contributed by atoms with Crippen LogP contribution in [0.5, 0.6) is 11.5 Å². The van der Waals surface area contributed by atoms with Crippen LogP contribution in [0.1, 0.15) is 23.7 Å². The van der Waals surface area contributed by atoms with Crippen molar-refractivity contribution >= 4 is 11.8 Å². The van der Waals surface area contributed by atoms with Crippen LogP contribution in [0.3, 0.4) is 0 Å². The lowest BCUT2D eigenvalue weighted by Gasteiger charge is -2.35. The van der Waals surface area contributed by atoms with Gasteiger partial charge in [0.25, 0.3) is 5.91 Å². The van der Waals surface area contributed by atoms with Gasteiger partial charge in [-0.1, -0.05) is 0 Å². The van der Waals surface area contributed by atoms with Gasteiger partial charge in [-0.15, -0.1) is 0 Å². The molecule has 0 saturated carbocycles. The van der Waals surface area contributed by atoms with Gasteiger partial charge in [0, 0.05) is 50.3 Å². The van der Waals surface area contributed by atoms with E-state index in [9.17, 15) is 9.59 Å². The van der Waals surface area contributed by atoms with Crippen LogP contribution >= 0.6 is 0 Å². The summed E-state index contributed by atoms with van der Waals surface area (Å²) >= 11 is 0. The fourth-order valence-corrected chi connectivity index (χ4v) is 2.68. The number of carbonyl (C=O) groups excluding carboxylic acids is 2. The number of benzene rings is 1. The zero-order chi connectivity index (χ0) is 17.7. The smallest absolute Gasteiger partial charge is 0.254 e. The van der Waals surface area contributed by atoms with Gasteiger partial charge >= 0.3 is 0 Å². The Morgan fingerprint density at radius 3 is 2.00 bits per heavy atom. The summed E-state index contributed by atoms with van der Waals surface area (Å²) in [6.07, 6.45) is 0.334. The topological polar surface area (TPSA) is 85.1 Å². The van der Waals surface area contributed by atoms with Crippen LogP contribution < -0.4 is 15.2 Å². The molecule has 0 spiro atoms. The number of amides is 2. The number of ether oxygens (including phenoxy) is 2. The molecule has 0 radical (unpaired) electrons. The fraction of sp³-hybridized carbons (Fsp3) is 0.529. The lowest BCUT2D eigenvalue weighted by molar-refractivity contribution is -0.132. The van der Waals surface area contributed by atoms with Crippen LogP contribution in [0.4, 0.5) is 0 Å². The third-order valence-corrected chi connectivity index (χ3v) is 4.01. The summed E-state index contributed by atoms with van der Waals surface area (Å²) in [7, 11) is 3.09. The Kier molecular flexibility index (Phi) is 6.03. The van der Waals surface area contributed by atoms with Gasteiger partial charge in [-0.3, -0.25) is 9.59 Å². The quantitative estimate of drug-likeness (QED) is 0.857. The van der Waals surface area contributed by atoms with Crippen molar-refractivity contribution in [2.45, 2.75) is 19.4 Å². The van der Waals surface area contributed by atoms with E-state index in [0.717, 1.165) is 0 Å². The third-order valence-electron chi connectivity index (χ3n) is 4.01. The van der Waals surface area contributed by atoms with E-state index in [0.29, 0.717) is 49.7 Å². The number of methoxy groups -OCH3 is 2. The molecular weight excluding hydrogens is 310 g/mol. The number of hydrogen-bond acceptors (Lipinski definition) is 5. The Balaban J connectivity index is 2.01. The molecule has 24 heavy (non-hydrogen) atoms. The van der Waals surface area contributed by atoms with Crippen LogP contribution in [0.25, 0.3) is 0 Å². The van der Waals surface area contributed by atoms with E-state index in [2.05, 4.69) is 0 Å². The maximum absolute atomic E-state index is 12.7. The van der Waals surface area contributed by atoms with Gasteiger partial charge < -0.3 is 25.0 Å². The number of piperazine rings is 1. The molecule has 1 aliphatic rings. The van der Waals surface area contributed by atoms with Gasteiger partial charge in [0.05, 0.1) is 14.2 Å². The highest BCUT2D eigenvalue weighted by atomic mass is 16.5. The lowest BCUT2D eigenvalue weighted by Crippen LogP contribution is -2.51. The molecule has 1 unspecified atom stereocenters. The molecule has 2 N–H and O–H groups in total. The van der Waals surface area contributed by atoms with Crippen molar-refractivity contribution < 1.29 is 19.1 Å². The Labute approximate surface area is 142 Å². The average molecular weight is 335 g/mol. The molecule has 7 heteroatoms. The number of rotatable bonds is 5. The molecule has 1 saturated heterocycles. The van der Waals surface area contributed by atoms with E-state index < -0.39 is 0 Å². The minimum absolute atomic E-state index is 0.0418. The zero-order valence-electron chi connectivity index (χ0n) is 14.4. The monoisotopic (exact) mass is 335 g/mol. The summed E-state index contributed by atoms with van der Waals surface area (Å²) in [4.78, 5) is 28.2. The van der Waals surface area contributed by atoms with Gasteiger partial charge in [-0.2, -0.15) is 0 Å². The van der Waals surface area contributed by atoms with E-state index in [1.807, 2.05) is 6.92 Å². The molecular formula is C17H25N3O4. The van der Waals surface area contributed by atoms with Crippen molar-refractivity contribution in [3.8, 4) is 11.5 Å². The number of nitrogens with two attached hydrogens (primary N) is 1. The van der Waals surface area contributed by atoms with Crippen molar-refractivity contribution in [2.24, 2.45) is 5.73 Å². The van der Waals surface area contributed by atoms with Crippen LogP contribution in [0.15, 0.2) is 18.2 Å². The number of nitrogens with zero attached hydrogens (tertiary/aromatic N) is 2. The Morgan fingerprint density at radius 2 is 1.54 bits per heavy atom. The predicted molar refractivity (Wildman–Crippen MR) is 90.3 cm³/mol. The van der Waals surface area contributed by atoms with Gasteiger partial charge in [-0.25, -0.2) is 0 Å². The Morgan fingerprint density at radius 1 is 1.04 bits per heavy atom. The van der Waals surface area contributed by atoms with E-state index in [1.165, 1.54) is 0 Å². The molecule has 1 aromatic carbocycles. The highest BCUT2D eigenvalue weighted by Crippen LogP contribution is 2.23. The first-order valence-corrected chi connectivity index (χ1v) is 8.00. The maximum Gasteiger partial charge on any atom is 0.254 e. The highest BCUT2D eigenvalue weighted by Gasteiger charge is 2.25. The summed E-state index contributed by atoms with van der Waals surface area (Å²) in [5, 5.41) is 0. The molecule has 0 bridgehead atoms. The number of carbonyl (C=O) groups is 2. The van der Waals surface area contributed by atoms with E-state index in [1.54, 1.807) is 42.2 Å². The molecule has 1 atom stereocenters. The summed E-state index contributed by atoms with van der Waals surface area (Å²) in [5.41, 5.74) is 6.19. The van der Waals surface area contributed by atoms with Gasteiger partial charge in [-0.05, 0) is 19.1 Å². The molecule has 1 fully saturated rings. The largest absolute Gasteiger partial charge is 0.497 e. The predicted octanol–water partition coefficient (Wildman–Crippen LogP) is 0.726. The van der Waals surface area contributed by atoms with Crippen LogP contribution in [0, 0.1) is 0 Å². The van der Waals surface area contributed by atoms with Crippen molar-refractivity contribution in [3.63, 3.8) is 0 Å². The van der Waals surface area contributed by atoms with Crippen LogP contribution in [-0.2, 0) is 4.79 Å². The van der Waals surface area contributed by atoms with Crippen molar-refractivity contribution in [1.82, 2.24) is 9.80 Å². The molecule has 0 aromatic heterocycles. The summed E-state index contributed by atoms with van der Waals surface area (Å²) in [6.45, 7) is 3.87. The first-order valence-electron chi connectivity index (χ1n) is 8.00. The first kappa shape index (κ1) is 18.1. The second kappa shape index (κ2) is 8.01.